The number of amides is 3. The summed E-state index contributed by atoms with van der Waals surface area (Å²) in [4.78, 5) is 26.7. The Balaban J connectivity index is 1.31. The number of fused-ring (bicyclic) bond motifs is 1. The predicted octanol–water partition coefficient (Wildman–Crippen LogP) is 2.13. The number of carbonyl (C=O) groups is 2. The van der Waals surface area contributed by atoms with Gasteiger partial charge in [0.25, 0.3) is 0 Å². The van der Waals surface area contributed by atoms with Gasteiger partial charge in [-0.15, -0.1) is 0 Å². The van der Waals surface area contributed by atoms with Crippen molar-refractivity contribution in [3.8, 4) is 0 Å². The van der Waals surface area contributed by atoms with Crippen molar-refractivity contribution in [3.05, 3.63) is 29.3 Å². The molecule has 0 aromatic heterocycles. The highest BCUT2D eigenvalue weighted by atomic mass is 35.5. The number of halogens is 1. The van der Waals surface area contributed by atoms with E-state index in [0.717, 1.165) is 38.3 Å². The van der Waals surface area contributed by atoms with Crippen LogP contribution in [-0.4, -0.2) is 43.7 Å². The fourth-order valence-electron chi connectivity index (χ4n) is 4.54. The number of urea groups is 1. The Morgan fingerprint density at radius 2 is 1.92 bits per heavy atom. The molecular formula is C19H25ClN4O2. The Hall–Kier alpha value is -1.79. The van der Waals surface area contributed by atoms with Crippen molar-refractivity contribution >= 4 is 29.2 Å². The van der Waals surface area contributed by atoms with Crippen molar-refractivity contribution in [2.24, 2.45) is 11.8 Å². The van der Waals surface area contributed by atoms with Gasteiger partial charge in [-0.3, -0.25) is 4.79 Å². The summed E-state index contributed by atoms with van der Waals surface area (Å²) in [6, 6.07) is 6.77. The van der Waals surface area contributed by atoms with Crippen LogP contribution >= 0.6 is 11.6 Å². The van der Waals surface area contributed by atoms with Crippen LogP contribution in [0.3, 0.4) is 0 Å². The number of para-hydroxylation sites is 1. The third-order valence-corrected chi connectivity index (χ3v) is 6.26. The summed E-state index contributed by atoms with van der Waals surface area (Å²) in [7, 11) is 0. The molecule has 4 rings (SSSR count). The SMILES string of the molecule is O=C(NC1CCC2CNCC2C1)NC1CCN(c2ccccc2Cl)C1=O. The summed E-state index contributed by atoms with van der Waals surface area (Å²) in [6.45, 7) is 2.72. The van der Waals surface area contributed by atoms with Crippen molar-refractivity contribution in [1.82, 2.24) is 16.0 Å². The van der Waals surface area contributed by atoms with E-state index in [1.807, 2.05) is 18.2 Å². The number of nitrogens with one attached hydrogen (secondary N) is 3. The second-order valence-electron chi connectivity index (χ2n) is 7.59. The minimum absolute atomic E-state index is 0.100. The Bertz CT molecular complexity index is 698. The molecule has 2 heterocycles. The van der Waals surface area contributed by atoms with Crippen LogP contribution in [0.2, 0.25) is 5.02 Å². The van der Waals surface area contributed by atoms with Crippen LogP contribution in [0.15, 0.2) is 24.3 Å². The summed E-state index contributed by atoms with van der Waals surface area (Å²) in [5.41, 5.74) is 0.705. The molecule has 3 amide bonds. The molecule has 2 aliphatic heterocycles. The molecule has 26 heavy (non-hydrogen) atoms. The number of anilines is 1. The third kappa shape index (κ3) is 3.53. The van der Waals surface area contributed by atoms with Gasteiger partial charge in [0.1, 0.15) is 6.04 Å². The zero-order chi connectivity index (χ0) is 18.1. The molecule has 2 saturated heterocycles. The maximum atomic E-state index is 12.7. The fourth-order valence-corrected chi connectivity index (χ4v) is 4.78. The zero-order valence-electron chi connectivity index (χ0n) is 14.7. The molecule has 7 heteroatoms. The molecule has 1 aromatic carbocycles. The molecule has 4 unspecified atom stereocenters. The topological polar surface area (TPSA) is 73.5 Å². The van der Waals surface area contributed by atoms with Gasteiger partial charge in [0.05, 0.1) is 10.7 Å². The van der Waals surface area contributed by atoms with Gasteiger partial charge in [-0.05, 0) is 62.7 Å². The van der Waals surface area contributed by atoms with Gasteiger partial charge >= 0.3 is 6.03 Å². The number of carbonyl (C=O) groups excluding carboxylic acids is 2. The summed E-state index contributed by atoms with van der Waals surface area (Å²) >= 11 is 6.20. The Kier molecular flexibility index (Phi) is 5.05. The van der Waals surface area contributed by atoms with Gasteiger partial charge in [0.15, 0.2) is 0 Å². The molecule has 140 valence electrons. The van der Waals surface area contributed by atoms with Crippen molar-refractivity contribution in [2.75, 3.05) is 24.5 Å². The molecule has 1 aliphatic carbocycles. The van der Waals surface area contributed by atoms with Crippen LogP contribution in [0.25, 0.3) is 0 Å². The van der Waals surface area contributed by atoms with Gasteiger partial charge in [0.2, 0.25) is 5.91 Å². The standard InChI is InChI=1S/C19H25ClN4O2/c20-15-3-1-2-4-17(15)24-8-7-16(18(24)25)23-19(26)22-14-6-5-12-10-21-11-13(12)9-14/h1-4,12-14,16,21H,5-11H2,(H2,22,23,26). The minimum atomic E-state index is -0.490. The van der Waals surface area contributed by atoms with E-state index in [4.69, 9.17) is 11.6 Å². The number of hydrogen-bond acceptors (Lipinski definition) is 3. The first-order valence-electron chi connectivity index (χ1n) is 9.45. The van der Waals surface area contributed by atoms with Crippen LogP contribution < -0.4 is 20.9 Å². The first-order chi connectivity index (χ1) is 12.6. The Morgan fingerprint density at radius 3 is 2.77 bits per heavy atom. The fraction of sp³-hybridized carbons (Fsp3) is 0.579. The monoisotopic (exact) mass is 376 g/mol. The normalized spacial score (nSPS) is 31.0. The maximum Gasteiger partial charge on any atom is 0.315 e. The molecule has 3 N–H and O–H groups in total. The molecule has 3 aliphatic rings. The zero-order valence-corrected chi connectivity index (χ0v) is 15.5. The van der Waals surface area contributed by atoms with Crippen molar-refractivity contribution in [2.45, 2.75) is 37.8 Å². The lowest BCUT2D eigenvalue weighted by atomic mass is 9.79. The van der Waals surface area contributed by atoms with E-state index in [0.29, 0.717) is 29.6 Å². The lowest BCUT2D eigenvalue weighted by Gasteiger charge is -2.31. The second kappa shape index (κ2) is 7.45. The lowest BCUT2D eigenvalue weighted by molar-refractivity contribution is -0.118. The van der Waals surface area contributed by atoms with Gasteiger partial charge in [-0.2, -0.15) is 0 Å². The molecule has 0 radical (unpaired) electrons. The molecule has 1 aromatic rings. The molecular weight excluding hydrogens is 352 g/mol. The molecule has 4 atom stereocenters. The Morgan fingerprint density at radius 1 is 1.12 bits per heavy atom. The van der Waals surface area contributed by atoms with E-state index in [-0.39, 0.29) is 18.0 Å². The minimum Gasteiger partial charge on any atom is -0.335 e. The molecule has 3 fully saturated rings. The van der Waals surface area contributed by atoms with Crippen LogP contribution in [0.1, 0.15) is 25.7 Å². The summed E-state index contributed by atoms with van der Waals surface area (Å²) in [6.07, 6.45) is 3.79. The average molecular weight is 377 g/mol. The van der Waals surface area contributed by atoms with E-state index in [1.54, 1.807) is 11.0 Å². The average Bonchev–Trinajstić information content (AvgIpc) is 3.22. The van der Waals surface area contributed by atoms with E-state index >= 15 is 0 Å². The van der Waals surface area contributed by atoms with Crippen LogP contribution in [0, 0.1) is 11.8 Å². The van der Waals surface area contributed by atoms with Gasteiger partial charge in [-0.1, -0.05) is 23.7 Å². The van der Waals surface area contributed by atoms with Crippen LogP contribution in [0.4, 0.5) is 10.5 Å². The van der Waals surface area contributed by atoms with Gasteiger partial charge in [0, 0.05) is 12.6 Å². The number of benzene rings is 1. The van der Waals surface area contributed by atoms with Crippen molar-refractivity contribution in [1.29, 1.82) is 0 Å². The van der Waals surface area contributed by atoms with Crippen LogP contribution in [0.5, 0.6) is 0 Å². The van der Waals surface area contributed by atoms with Crippen molar-refractivity contribution in [3.63, 3.8) is 0 Å². The Labute approximate surface area is 158 Å². The quantitative estimate of drug-likeness (QED) is 0.756. The van der Waals surface area contributed by atoms with Gasteiger partial charge < -0.3 is 20.9 Å². The first kappa shape index (κ1) is 17.6. The highest BCUT2D eigenvalue weighted by Crippen LogP contribution is 2.32. The summed E-state index contributed by atoms with van der Waals surface area (Å²) in [5.74, 6) is 1.33. The largest absolute Gasteiger partial charge is 0.335 e. The molecule has 0 bridgehead atoms. The number of nitrogens with zero attached hydrogens (tertiary/aromatic N) is 1. The first-order valence-corrected chi connectivity index (χ1v) is 9.83. The van der Waals surface area contributed by atoms with Crippen LogP contribution in [-0.2, 0) is 4.79 Å². The summed E-state index contributed by atoms with van der Waals surface area (Å²) in [5, 5.41) is 9.91. The molecule has 0 spiro atoms. The van der Waals surface area contributed by atoms with E-state index in [1.165, 1.54) is 0 Å². The lowest BCUT2D eigenvalue weighted by Crippen LogP contribution is -2.50. The second-order valence-corrected chi connectivity index (χ2v) is 8.00. The number of rotatable bonds is 3. The van der Waals surface area contributed by atoms with E-state index in [2.05, 4.69) is 16.0 Å². The van der Waals surface area contributed by atoms with E-state index in [9.17, 15) is 9.59 Å². The van der Waals surface area contributed by atoms with Crippen molar-refractivity contribution < 1.29 is 9.59 Å². The predicted molar refractivity (Wildman–Crippen MR) is 101 cm³/mol. The molecule has 6 nitrogen and oxygen atoms in total. The van der Waals surface area contributed by atoms with E-state index < -0.39 is 6.04 Å². The highest BCUT2D eigenvalue weighted by Gasteiger charge is 2.36. The molecule has 1 saturated carbocycles. The summed E-state index contributed by atoms with van der Waals surface area (Å²) < 4.78 is 0. The maximum absolute atomic E-state index is 12.7. The third-order valence-electron chi connectivity index (χ3n) is 5.94. The smallest absolute Gasteiger partial charge is 0.315 e. The van der Waals surface area contributed by atoms with Gasteiger partial charge in [-0.25, -0.2) is 4.79 Å². The number of hydrogen-bond donors (Lipinski definition) is 3. The highest BCUT2D eigenvalue weighted by molar-refractivity contribution is 6.34.